The summed E-state index contributed by atoms with van der Waals surface area (Å²) in [6.07, 6.45) is 4.74. The molecule has 0 radical (unpaired) electrons. The number of ketones is 1. The number of nitrogens with zero attached hydrogens (tertiary/aromatic N) is 2. The van der Waals surface area contributed by atoms with E-state index in [2.05, 4.69) is 10.4 Å². The van der Waals surface area contributed by atoms with Gasteiger partial charge in [-0.2, -0.15) is 5.10 Å². The molecule has 0 saturated carbocycles. The third-order valence-corrected chi connectivity index (χ3v) is 4.51. The van der Waals surface area contributed by atoms with Crippen LogP contribution in [0.5, 0.6) is 5.75 Å². The van der Waals surface area contributed by atoms with Crippen LogP contribution in [0.1, 0.15) is 35.7 Å². The number of rotatable bonds is 10. The van der Waals surface area contributed by atoms with Gasteiger partial charge in [0.05, 0.1) is 12.3 Å². The minimum absolute atomic E-state index is 0.0441. The number of benzene rings is 2. The molecular weight excluding hydrogens is 366 g/mol. The zero-order valence-corrected chi connectivity index (χ0v) is 16.5. The van der Waals surface area contributed by atoms with Crippen molar-refractivity contribution in [2.75, 3.05) is 13.2 Å². The normalized spacial score (nSPS) is 10.5. The van der Waals surface area contributed by atoms with Gasteiger partial charge in [-0.1, -0.05) is 12.1 Å². The van der Waals surface area contributed by atoms with Crippen LogP contribution in [0.25, 0.3) is 5.69 Å². The summed E-state index contributed by atoms with van der Waals surface area (Å²) < 4.78 is 7.16. The van der Waals surface area contributed by atoms with Gasteiger partial charge in [-0.05, 0) is 61.4 Å². The van der Waals surface area contributed by atoms with Crippen molar-refractivity contribution in [3.63, 3.8) is 0 Å². The van der Waals surface area contributed by atoms with E-state index >= 15 is 0 Å². The van der Waals surface area contributed by atoms with Crippen molar-refractivity contribution in [2.45, 2.75) is 26.2 Å². The summed E-state index contributed by atoms with van der Waals surface area (Å²) in [5, 5.41) is 7.07. The van der Waals surface area contributed by atoms with E-state index in [4.69, 9.17) is 4.74 Å². The van der Waals surface area contributed by atoms with Crippen molar-refractivity contribution in [2.24, 2.45) is 0 Å². The van der Waals surface area contributed by atoms with Gasteiger partial charge in [-0.15, -0.1) is 0 Å². The maximum absolute atomic E-state index is 12.2. The van der Waals surface area contributed by atoms with Gasteiger partial charge in [-0.25, -0.2) is 4.68 Å². The Hall–Kier alpha value is -3.41. The van der Waals surface area contributed by atoms with Gasteiger partial charge in [0.15, 0.2) is 5.78 Å². The second-order valence-corrected chi connectivity index (χ2v) is 6.60. The maximum Gasteiger partial charge on any atom is 0.220 e. The molecule has 0 atom stereocenters. The highest BCUT2D eigenvalue weighted by molar-refractivity contribution is 5.98. The van der Waals surface area contributed by atoms with Crippen LogP contribution < -0.4 is 10.1 Å². The standard InChI is InChI=1S/C23H25N3O3/c1-2-29-21-10-6-19(7-11-21)22(27)12-13-23(28)24-16-14-18-4-8-20(9-5-18)26-17-3-15-25-26/h3-11,15,17H,2,12-14,16H2,1H3,(H,24,28). The van der Waals surface area contributed by atoms with E-state index in [9.17, 15) is 9.59 Å². The van der Waals surface area contributed by atoms with Crippen LogP contribution in [0.3, 0.4) is 0 Å². The number of carbonyl (C=O) groups excluding carboxylic acids is 2. The van der Waals surface area contributed by atoms with Crippen LogP contribution in [0.15, 0.2) is 67.0 Å². The fourth-order valence-corrected chi connectivity index (χ4v) is 2.95. The molecule has 1 heterocycles. The van der Waals surface area contributed by atoms with Crippen LogP contribution in [0.4, 0.5) is 0 Å². The lowest BCUT2D eigenvalue weighted by molar-refractivity contribution is -0.121. The van der Waals surface area contributed by atoms with Gasteiger partial charge in [0.1, 0.15) is 5.75 Å². The van der Waals surface area contributed by atoms with Crippen LogP contribution in [0, 0.1) is 0 Å². The monoisotopic (exact) mass is 391 g/mol. The zero-order chi connectivity index (χ0) is 20.5. The van der Waals surface area contributed by atoms with E-state index in [1.165, 1.54) is 0 Å². The Morgan fingerprint density at radius 2 is 1.79 bits per heavy atom. The Morgan fingerprint density at radius 1 is 1.03 bits per heavy atom. The lowest BCUT2D eigenvalue weighted by Gasteiger charge is -2.07. The summed E-state index contributed by atoms with van der Waals surface area (Å²) in [5.41, 5.74) is 2.72. The van der Waals surface area contributed by atoms with Gasteiger partial charge in [-0.3, -0.25) is 9.59 Å². The molecule has 0 fully saturated rings. The molecule has 1 aromatic heterocycles. The van der Waals surface area contributed by atoms with E-state index in [-0.39, 0.29) is 24.5 Å². The van der Waals surface area contributed by atoms with Crippen molar-refractivity contribution in [3.05, 3.63) is 78.1 Å². The molecule has 0 aliphatic rings. The van der Waals surface area contributed by atoms with Crippen molar-refractivity contribution < 1.29 is 14.3 Å². The fourth-order valence-electron chi connectivity index (χ4n) is 2.95. The second kappa shape index (κ2) is 10.2. The Kier molecular flexibility index (Phi) is 7.16. The highest BCUT2D eigenvalue weighted by Gasteiger charge is 2.09. The first-order valence-electron chi connectivity index (χ1n) is 9.77. The zero-order valence-electron chi connectivity index (χ0n) is 16.5. The molecule has 150 valence electrons. The molecule has 0 aliphatic heterocycles. The summed E-state index contributed by atoms with van der Waals surface area (Å²) in [4.78, 5) is 24.2. The lowest BCUT2D eigenvalue weighted by Crippen LogP contribution is -2.26. The first-order valence-corrected chi connectivity index (χ1v) is 9.77. The van der Waals surface area contributed by atoms with Crippen molar-refractivity contribution in [3.8, 4) is 11.4 Å². The molecular formula is C23H25N3O3. The molecule has 1 N–H and O–H groups in total. The third kappa shape index (κ3) is 6.04. The largest absolute Gasteiger partial charge is 0.494 e. The lowest BCUT2D eigenvalue weighted by atomic mass is 10.1. The van der Waals surface area contributed by atoms with E-state index in [0.29, 0.717) is 18.7 Å². The Morgan fingerprint density at radius 3 is 2.45 bits per heavy atom. The van der Waals surface area contributed by atoms with Crippen LogP contribution in [-0.4, -0.2) is 34.6 Å². The maximum atomic E-state index is 12.2. The molecule has 29 heavy (non-hydrogen) atoms. The summed E-state index contributed by atoms with van der Waals surface area (Å²) >= 11 is 0. The summed E-state index contributed by atoms with van der Waals surface area (Å²) in [6.45, 7) is 3.03. The molecule has 6 nitrogen and oxygen atoms in total. The number of hydrogen-bond donors (Lipinski definition) is 1. The molecule has 0 aliphatic carbocycles. The molecule has 0 saturated heterocycles. The molecule has 0 spiro atoms. The smallest absolute Gasteiger partial charge is 0.220 e. The molecule has 3 aromatic rings. The van der Waals surface area contributed by atoms with Gasteiger partial charge in [0.2, 0.25) is 5.91 Å². The van der Waals surface area contributed by atoms with Gasteiger partial charge in [0.25, 0.3) is 0 Å². The van der Waals surface area contributed by atoms with Crippen LogP contribution in [0.2, 0.25) is 0 Å². The third-order valence-electron chi connectivity index (χ3n) is 4.51. The minimum atomic E-state index is -0.113. The molecule has 6 heteroatoms. The minimum Gasteiger partial charge on any atom is -0.494 e. The van der Waals surface area contributed by atoms with Gasteiger partial charge in [0, 0.05) is 37.3 Å². The SMILES string of the molecule is CCOc1ccc(C(=O)CCC(=O)NCCc2ccc(-n3cccn3)cc2)cc1. The van der Waals surface area contributed by atoms with E-state index < -0.39 is 0 Å². The number of hydrogen-bond acceptors (Lipinski definition) is 4. The van der Waals surface area contributed by atoms with E-state index in [0.717, 1.165) is 23.4 Å². The average molecular weight is 391 g/mol. The highest BCUT2D eigenvalue weighted by atomic mass is 16.5. The molecule has 3 rings (SSSR count). The number of Topliss-reactive ketones (excluding diaryl/α,β-unsaturated/α-hetero) is 1. The number of ether oxygens (including phenoxy) is 1. The average Bonchev–Trinajstić information content (AvgIpc) is 3.28. The van der Waals surface area contributed by atoms with Crippen molar-refractivity contribution in [1.29, 1.82) is 0 Å². The molecule has 2 aromatic carbocycles. The summed E-state index contributed by atoms with van der Waals surface area (Å²) in [7, 11) is 0. The predicted molar refractivity (Wildman–Crippen MR) is 111 cm³/mol. The number of amides is 1. The Balaban J connectivity index is 1.38. The quantitative estimate of drug-likeness (QED) is 0.536. The van der Waals surface area contributed by atoms with Crippen molar-refractivity contribution in [1.82, 2.24) is 15.1 Å². The fraction of sp³-hybridized carbons (Fsp3) is 0.261. The molecule has 0 bridgehead atoms. The number of nitrogens with one attached hydrogen (secondary N) is 1. The van der Waals surface area contributed by atoms with Crippen LogP contribution >= 0.6 is 0 Å². The first kappa shape index (κ1) is 20.3. The molecule has 1 amide bonds. The topological polar surface area (TPSA) is 73.2 Å². The van der Waals surface area contributed by atoms with E-state index in [1.54, 1.807) is 35.1 Å². The number of carbonyl (C=O) groups is 2. The number of aromatic nitrogens is 2. The second-order valence-electron chi connectivity index (χ2n) is 6.60. The summed E-state index contributed by atoms with van der Waals surface area (Å²) in [5.74, 6) is 0.578. The Bertz CT molecular complexity index is 917. The predicted octanol–water partition coefficient (Wildman–Crippen LogP) is 3.59. The van der Waals surface area contributed by atoms with Gasteiger partial charge >= 0.3 is 0 Å². The highest BCUT2D eigenvalue weighted by Crippen LogP contribution is 2.14. The van der Waals surface area contributed by atoms with Crippen molar-refractivity contribution >= 4 is 11.7 Å². The molecule has 0 unspecified atom stereocenters. The van der Waals surface area contributed by atoms with Gasteiger partial charge < -0.3 is 10.1 Å². The first-order chi connectivity index (χ1) is 14.2. The summed E-state index contributed by atoms with van der Waals surface area (Å²) in [6, 6.07) is 16.9. The van der Waals surface area contributed by atoms with Crippen LogP contribution in [-0.2, 0) is 11.2 Å². The Labute approximate surface area is 170 Å². The van der Waals surface area contributed by atoms with E-state index in [1.807, 2.05) is 43.5 Å².